The van der Waals surface area contributed by atoms with Gasteiger partial charge in [-0.25, -0.2) is 9.78 Å². The molecular weight excluding hydrogens is 979 g/mol. The lowest BCUT2D eigenvalue weighted by Crippen LogP contribution is -2.33. The number of hydrogen-bond donors (Lipinski definition) is 7. The summed E-state index contributed by atoms with van der Waals surface area (Å²) in [5.41, 5.74) is 10.1. The Morgan fingerprint density at radius 2 is 1.38 bits per heavy atom. The van der Waals surface area contributed by atoms with E-state index in [-0.39, 0.29) is 23.3 Å². The van der Waals surface area contributed by atoms with Gasteiger partial charge in [-0.1, -0.05) is 31.2 Å². The fourth-order valence-corrected chi connectivity index (χ4v) is 7.17. The van der Waals surface area contributed by atoms with E-state index in [9.17, 15) is 29.4 Å². The molecule has 0 aliphatic carbocycles. The number of aryl methyl sites for hydroxylation is 1. The Labute approximate surface area is 443 Å². The van der Waals surface area contributed by atoms with Gasteiger partial charge in [0.25, 0.3) is 5.91 Å². The standard InChI is InChI=1S/C55H73N9O12/c1-5-25-64-47-37-39(11-18-45(47)60-53(64)61-52(69)43-10-6-9-42(38-43)50(56)67)13-20-49(66)57-22-7-26-71-28-30-73-32-34-75-35-33-74-31-29-72-27-8-23-58-51(68)41-14-16-44(17-15-41)62-63-46-36-40(12-19-48(46)65)21-24-59-54(70)76-55(2,3)4/h6,9-20,36-38,52,65,69H,5,7-8,21-35H2,1-4H3,(H2,56,67)(H,57,66)(H,58,68)(H,59,70)(H,60,61)/b20-13+,63-62?. The Morgan fingerprint density at radius 1 is 0.737 bits per heavy atom. The number of azo groups is 1. The molecule has 0 spiro atoms. The number of carbonyl (C=O) groups is 4. The number of rotatable bonds is 34. The molecule has 1 atom stereocenters. The Bertz CT molecular complexity index is 2670. The van der Waals surface area contributed by atoms with Gasteiger partial charge in [0.15, 0.2) is 6.23 Å². The lowest BCUT2D eigenvalue weighted by atomic mass is 10.1. The molecule has 76 heavy (non-hydrogen) atoms. The molecule has 1 aromatic heterocycles. The minimum absolute atomic E-state index is 0.0324. The van der Waals surface area contributed by atoms with Crippen LogP contribution in [-0.2, 0) is 46.2 Å². The zero-order valence-electron chi connectivity index (χ0n) is 43.9. The number of phenolic OH excluding ortho intramolecular Hbond substituents is 1. The number of nitrogens with one attached hydrogen (secondary N) is 4. The summed E-state index contributed by atoms with van der Waals surface area (Å²) in [6, 6.07) is 23.8. The van der Waals surface area contributed by atoms with Gasteiger partial charge in [0.05, 0.1) is 69.6 Å². The molecule has 0 aliphatic heterocycles. The van der Waals surface area contributed by atoms with E-state index in [2.05, 4.69) is 36.5 Å². The molecule has 4 aromatic carbocycles. The van der Waals surface area contributed by atoms with Gasteiger partial charge >= 0.3 is 6.09 Å². The Hall–Kier alpha value is -7.27. The molecule has 1 heterocycles. The number of nitrogens with two attached hydrogens (primary N) is 1. The smallest absolute Gasteiger partial charge is 0.407 e. The van der Waals surface area contributed by atoms with Gasteiger partial charge in [0, 0.05) is 62.2 Å². The second-order valence-corrected chi connectivity index (χ2v) is 18.3. The average molecular weight is 1050 g/mol. The van der Waals surface area contributed by atoms with Crippen molar-refractivity contribution in [2.75, 3.05) is 91.0 Å². The predicted octanol–water partition coefficient (Wildman–Crippen LogP) is 7.26. The number of aromatic hydroxyl groups is 1. The maximum Gasteiger partial charge on any atom is 0.407 e. The topological polar surface area (TPSA) is 281 Å². The number of benzene rings is 4. The lowest BCUT2D eigenvalue weighted by Gasteiger charge is -2.19. The van der Waals surface area contributed by atoms with E-state index in [1.807, 2.05) is 29.7 Å². The fraction of sp³-hybridized carbons (Fsp3) is 0.436. The first-order valence-corrected chi connectivity index (χ1v) is 25.5. The van der Waals surface area contributed by atoms with E-state index < -0.39 is 23.8 Å². The number of ether oxygens (including phenoxy) is 6. The second-order valence-electron chi connectivity index (χ2n) is 18.3. The summed E-state index contributed by atoms with van der Waals surface area (Å²) in [5, 5.41) is 41.0. The van der Waals surface area contributed by atoms with E-state index in [1.165, 1.54) is 12.1 Å². The number of primary amides is 1. The largest absolute Gasteiger partial charge is 0.506 e. The number of imidazole rings is 1. The van der Waals surface area contributed by atoms with Crippen molar-refractivity contribution in [1.82, 2.24) is 25.5 Å². The summed E-state index contributed by atoms with van der Waals surface area (Å²) in [4.78, 5) is 53.3. The van der Waals surface area contributed by atoms with Gasteiger partial charge in [-0.05, 0) is 124 Å². The zero-order valence-corrected chi connectivity index (χ0v) is 43.9. The predicted molar refractivity (Wildman–Crippen MR) is 288 cm³/mol. The number of carbonyl (C=O) groups excluding carboxylic acids is 4. The quantitative estimate of drug-likeness (QED) is 0.00925. The summed E-state index contributed by atoms with van der Waals surface area (Å²) >= 11 is 0. The molecule has 0 fully saturated rings. The molecule has 4 amide bonds. The van der Waals surface area contributed by atoms with Crippen LogP contribution in [0.5, 0.6) is 5.75 Å². The molecule has 5 rings (SSSR count). The zero-order chi connectivity index (χ0) is 54.5. The van der Waals surface area contributed by atoms with E-state index in [4.69, 9.17) is 34.2 Å². The molecule has 1 unspecified atom stereocenters. The highest BCUT2D eigenvalue weighted by atomic mass is 16.6. The number of aliphatic hydroxyl groups is 1. The molecule has 0 bridgehead atoms. The highest BCUT2D eigenvalue weighted by molar-refractivity contribution is 5.95. The van der Waals surface area contributed by atoms with E-state index in [1.54, 1.807) is 87.5 Å². The van der Waals surface area contributed by atoms with E-state index >= 15 is 0 Å². The second kappa shape index (κ2) is 32.2. The third kappa shape index (κ3) is 21.9. The molecule has 0 radical (unpaired) electrons. The van der Waals surface area contributed by atoms with Gasteiger partial charge < -0.3 is 70.2 Å². The van der Waals surface area contributed by atoms with Crippen LogP contribution in [0.1, 0.15) is 90.6 Å². The van der Waals surface area contributed by atoms with Crippen LogP contribution < -0.4 is 27.0 Å². The number of amides is 4. The third-order valence-electron chi connectivity index (χ3n) is 10.9. The molecule has 0 saturated heterocycles. The van der Waals surface area contributed by atoms with Crippen LogP contribution >= 0.6 is 0 Å². The van der Waals surface area contributed by atoms with Crippen molar-refractivity contribution in [2.45, 2.75) is 71.8 Å². The number of anilines is 1. The van der Waals surface area contributed by atoms with Crippen LogP contribution in [0.3, 0.4) is 0 Å². The fourth-order valence-electron chi connectivity index (χ4n) is 7.17. The maximum atomic E-state index is 12.6. The van der Waals surface area contributed by atoms with Gasteiger partial charge in [0.1, 0.15) is 17.0 Å². The van der Waals surface area contributed by atoms with Gasteiger partial charge in [-0.15, -0.1) is 5.11 Å². The van der Waals surface area contributed by atoms with Crippen LogP contribution in [-0.4, -0.2) is 135 Å². The van der Waals surface area contributed by atoms with Crippen molar-refractivity contribution in [3.8, 4) is 5.75 Å². The van der Waals surface area contributed by atoms with Crippen molar-refractivity contribution < 1.29 is 57.8 Å². The first-order valence-electron chi connectivity index (χ1n) is 25.5. The molecule has 21 heteroatoms. The van der Waals surface area contributed by atoms with Crippen LogP contribution in [0.2, 0.25) is 0 Å². The molecule has 5 aromatic rings. The van der Waals surface area contributed by atoms with Crippen molar-refractivity contribution in [3.63, 3.8) is 0 Å². The number of hydrogen-bond acceptors (Lipinski definition) is 16. The van der Waals surface area contributed by atoms with Gasteiger partial charge in [-0.2, -0.15) is 5.11 Å². The van der Waals surface area contributed by atoms with Crippen molar-refractivity contribution in [1.29, 1.82) is 0 Å². The molecule has 0 saturated carbocycles. The van der Waals surface area contributed by atoms with Crippen molar-refractivity contribution in [3.05, 3.63) is 119 Å². The first kappa shape index (κ1) is 59.6. The molecule has 0 aliphatic rings. The summed E-state index contributed by atoms with van der Waals surface area (Å²) in [5.74, 6) is -0.580. The highest BCUT2D eigenvalue weighted by Crippen LogP contribution is 2.30. The summed E-state index contributed by atoms with van der Waals surface area (Å²) in [6.45, 7) is 13.7. The van der Waals surface area contributed by atoms with E-state index in [0.717, 1.165) is 28.6 Å². The lowest BCUT2D eigenvalue weighted by molar-refractivity contribution is -0.116. The van der Waals surface area contributed by atoms with Crippen LogP contribution in [0.15, 0.2) is 101 Å². The number of alkyl carbamates (subject to hydrolysis) is 1. The normalized spacial score (nSPS) is 12.1. The maximum absolute atomic E-state index is 12.6. The summed E-state index contributed by atoms with van der Waals surface area (Å²) in [6.07, 6.45) is 4.21. The minimum atomic E-state index is -1.12. The SMILES string of the molecule is CCCn1c(NC(O)c2cccc(C(N)=O)c2)nc2ccc(/C=C/C(=O)NCCCOCCOCCOCCOCCOCCCNC(=O)c3ccc(N=Nc4cc(CCNC(=O)OC(C)(C)C)ccc4O)cc3)cc21. The Balaban J connectivity index is 0.812. The minimum Gasteiger partial charge on any atom is -0.506 e. The van der Waals surface area contributed by atoms with Crippen LogP contribution in [0.4, 0.5) is 22.1 Å². The monoisotopic (exact) mass is 1050 g/mol. The van der Waals surface area contributed by atoms with Crippen LogP contribution in [0.25, 0.3) is 17.1 Å². The van der Waals surface area contributed by atoms with Crippen molar-refractivity contribution in [2.24, 2.45) is 16.0 Å². The van der Waals surface area contributed by atoms with Gasteiger partial charge in [-0.3, -0.25) is 14.4 Å². The summed E-state index contributed by atoms with van der Waals surface area (Å²) < 4.78 is 35.1. The Morgan fingerprint density at radius 3 is 2.01 bits per heavy atom. The first-order chi connectivity index (χ1) is 36.7. The Kier molecular flexibility index (Phi) is 25.3. The van der Waals surface area contributed by atoms with Gasteiger partial charge in [0.2, 0.25) is 17.8 Å². The number of nitrogens with zero attached hydrogens (tertiary/aromatic N) is 4. The van der Waals surface area contributed by atoms with E-state index in [0.29, 0.717) is 140 Å². The summed E-state index contributed by atoms with van der Waals surface area (Å²) in [7, 11) is 0. The van der Waals surface area contributed by atoms with Crippen molar-refractivity contribution >= 4 is 58.2 Å². The molecule has 8 N–H and O–H groups in total. The molecular formula is C55H73N9O12. The van der Waals surface area contributed by atoms with Crippen LogP contribution in [0, 0.1) is 0 Å². The highest BCUT2D eigenvalue weighted by Gasteiger charge is 2.18. The number of aliphatic hydroxyl groups excluding tert-OH is 1. The number of fused-ring (bicyclic) bond motifs is 1. The number of aromatic nitrogens is 2. The average Bonchev–Trinajstić information content (AvgIpc) is 3.74. The molecule has 410 valence electrons. The molecule has 21 nitrogen and oxygen atoms in total. The number of phenols is 1. The third-order valence-corrected chi connectivity index (χ3v) is 10.9.